The van der Waals surface area contributed by atoms with Crippen molar-refractivity contribution in [3.05, 3.63) is 108 Å². The summed E-state index contributed by atoms with van der Waals surface area (Å²) in [5.41, 5.74) is 11.3. The van der Waals surface area contributed by atoms with Gasteiger partial charge in [0.05, 0.1) is 0 Å². The Hall–Kier alpha value is -4.26. The Labute approximate surface area is 185 Å². The summed E-state index contributed by atoms with van der Waals surface area (Å²) < 4.78 is 0. The Morgan fingerprint density at radius 2 is 0.938 bits per heavy atom. The molecule has 0 saturated heterocycles. The molecule has 4 aromatic carbocycles. The maximum Gasteiger partial charge on any atom is 0.265 e. The fourth-order valence-electron chi connectivity index (χ4n) is 3.72. The van der Waals surface area contributed by atoms with E-state index < -0.39 is 0 Å². The summed E-state index contributed by atoms with van der Waals surface area (Å²) >= 11 is 0. The molecule has 2 amide bonds. The molecule has 6 nitrogen and oxygen atoms in total. The molecule has 0 fully saturated rings. The smallest absolute Gasteiger partial charge is 0.265 e. The number of benzene rings is 4. The van der Waals surface area contributed by atoms with Gasteiger partial charge in [-0.15, -0.1) is 0 Å². The second kappa shape index (κ2) is 9.26. The Morgan fingerprint density at radius 3 is 1.41 bits per heavy atom. The van der Waals surface area contributed by atoms with Gasteiger partial charge in [0.25, 0.3) is 11.8 Å². The molecule has 6 heteroatoms. The Balaban J connectivity index is 1.89. The van der Waals surface area contributed by atoms with E-state index in [0.29, 0.717) is 11.1 Å². The van der Waals surface area contributed by atoms with Crippen LogP contribution in [0.5, 0.6) is 0 Å². The quantitative estimate of drug-likeness (QED) is 0.222. The molecule has 6 N–H and O–H groups in total. The Bertz CT molecular complexity index is 1250. The Morgan fingerprint density at radius 1 is 0.500 bits per heavy atom. The molecule has 0 spiro atoms. The minimum atomic E-state index is -0.345. The SMILES string of the molecule is NNC(=O)c1ccc(-c2cccc(-c3ccccc3)c2-c2ccc(C(=O)NN)cc2)cc1. The molecule has 0 heterocycles. The van der Waals surface area contributed by atoms with Crippen LogP contribution >= 0.6 is 0 Å². The number of nitrogen functional groups attached to an aromatic ring is 2. The second-order valence-electron chi connectivity index (χ2n) is 7.20. The van der Waals surface area contributed by atoms with Gasteiger partial charge in [0.15, 0.2) is 0 Å². The number of rotatable bonds is 5. The van der Waals surface area contributed by atoms with Crippen LogP contribution in [0.3, 0.4) is 0 Å². The molecule has 0 aliphatic heterocycles. The third kappa shape index (κ3) is 4.13. The highest BCUT2D eigenvalue weighted by atomic mass is 16.2. The summed E-state index contributed by atoms with van der Waals surface area (Å²) in [6.45, 7) is 0. The van der Waals surface area contributed by atoms with Crippen molar-refractivity contribution < 1.29 is 9.59 Å². The van der Waals surface area contributed by atoms with Gasteiger partial charge in [-0.1, -0.05) is 72.8 Å². The van der Waals surface area contributed by atoms with Gasteiger partial charge in [0.1, 0.15) is 0 Å². The second-order valence-corrected chi connectivity index (χ2v) is 7.20. The van der Waals surface area contributed by atoms with Gasteiger partial charge in [-0.25, -0.2) is 11.7 Å². The van der Waals surface area contributed by atoms with Crippen molar-refractivity contribution in [3.8, 4) is 33.4 Å². The number of nitrogens with two attached hydrogens (primary N) is 2. The van der Waals surface area contributed by atoms with Crippen LogP contribution in [-0.2, 0) is 0 Å². The van der Waals surface area contributed by atoms with Gasteiger partial charge >= 0.3 is 0 Å². The number of amides is 2. The normalized spacial score (nSPS) is 10.4. The number of hydrogen-bond acceptors (Lipinski definition) is 4. The van der Waals surface area contributed by atoms with E-state index in [0.717, 1.165) is 33.4 Å². The monoisotopic (exact) mass is 422 g/mol. The number of hydrogen-bond donors (Lipinski definition) is 4. The molecule has 158 valence electrons. The minimum absolute atomic E-state index is 0.344. The fourth-order valence-corrected chi connectivity index (χ4v) is 3.72. The zero-order valence-electron chi connectivity index (χ0n) is 17.2. The maximum atomic E-state index is 11.9. The molecule has 32 heavy (non-hydrogen) atoms. The van der Waals surface area contributed by atoms with Crippen LogP contribution in [0.25, 0.3) is 33.4 Å². The summed E-state index contributed by atoms with van der Waals surface area (Å²) in [7, 11) is 0. The molecule has 0 atom stereocenters. The van der Waals surface area contributed by atoms with Crippen LogP contribution < -0.4 is 22.5 Å². The standard InChI is InChI=1S/C26H22N4O2/c27-29-25(31)20-13-9-18(10-14-20)23-8-4-7-22(17-5-2-1-3-6-17)24(23)19-11-15-21(16-12-19)26(32)30-28/h1-16H,27-28H2,(H,29,31)(H,30,32). The van der Waals surface area contributed by atoms with Crippen molar-refractivity contribution in [3.63, 3.8) is 0 Å². The van der Waals surface area contributed by atoms with E-state index in [1.54, 1.807) is 24.3 Å². The predicted molar refractivity (Wildman–Crippen MR) is 126 cm³/mol. The number of carbonyl (C=O) groups excluding carboxylic acids is 2. The summed E-state index contributed by atoms with van der Waals surface area (Å²) in [6.07, 6.45) is 0. The molecular formula is C26H22N4O2. The average Bonchev–Trinajstić information content (AvgIpc) is 2.88. The van der Waals surface area contributed by atoms with Crippen LogP contribution in [0, 0.1) is 0 Å². The first-order valence-corrected chi connectivity index (χ1v) is 10.0. The number of carbonyl (C=O) groups is 2. The number of nitrogens with one attached hydrogen (secondary N) is 2. The third-order valence-electron chi connectivity index (χ3n) is 5.31. The molecule has 4 rings (SSSR count). The minimum Gasteiger partial charge on any atom is -0.290 e. The van der Waals surface area contributed by atoms with Crippen molar-refractivity contribution in [2.24, 2.45) is 11.7 Å². The van der Waals surface area contributed by atoms with Crippen LogP contribution in [0.2, 0.25) is 0 Å². The number of hydrazine groups is 2. The summed E-state index contributed by atoms with van der Waals surface area (Å²) in [4.78, 5) is 23.7. The molecule has 0 saturated carbocycles. The van der Waals surface area contributed by atoms with E-state index in [1.165, 1.54) is 0 Å². The van der Waals surface area contributed by atoms with Crippen LogP contribution in [0.1, 0.15) is 20.7 Å². The van der Waals surface area contributed by atoms with Crippen molar-refractivity contribution in [1.82, 2.24) is 10.9 Å². The molecule has 0 aromatic heterocycles. The first-order valence-electron chi connectivity index (χ1n) is 10.0. The van der Waals surface area contributed by atoms with Gasteiger partial charge in [-0.2, -0.15) is 0 Å². The van der Waals surface area contributed by atoms with Crippen LogP contribution in [0.15, 0.2) is 97.1 Å². The lowest BCUT2D eigenvalue weighted by molar-refractivity contribution is 0.0945. The first-order chi connectivity index (χ1) is 15.6. The molecule has 0 aliphatic carbocycles. The van der Waals surface area contributed by atoms with E-state index in [4.69, 9.17) is 11.7 Å². The van der Waals surface area contributed by atoms with E-state index in [2.05, 4.69) is 29.1 Å². The van der Waals surface area contributed by atoms with Gasteiger partial charge in [0.2, 0.25) is 0 Å². The predicted octanol–water partition coefficient (Wildman–Crippen LogP) is 3.89. The van der Waals surface area contributed by atoms with E-state index in [9.17, 15) is 9.59 Å². The summed E-state index contributed by atoms with van der Waals surface area (Å²) in [6, 6.07) is 30.8. The van der Waals surface area contributed by atoms with E-state index >= 15 is 0 Å². The Kier molecular flexibility index (Phi) is 6.07. The highest BCUT2D eigenvalue weighted by Crippen LogP contribution is 2.40. The first kappa shape index (κ1) is 21.0. The van der Waals surface area contributed by atoms with Gasteiger partial charge in [-0.3, -0.25) is 20.4 Å². The molecule has 0 bridgehead atoms. The zero-order chi connectivity index (χ0) is 22.5. The molecule has 0 unspecified atom stereocenters. The summed E-state index contributed by atoms with van der Waals surface area (Å²) in [5, 5.41) is 0. The van der Waals surface area contributed by atoms with E-state index in [1.807, 2.05) is 54.6 Å². The van der Waals surface area contributed by atoms with Crippen molar-refractivity contribution in [1.29, 1.82) is 0 Å². The molecule has 0 radical (unpaired) electrons. The average molecular weight is 422 g/mol. The van der Waals surface area contributed by atoms with Gasteiger partial charge in [0, 0.05) is 11.1 Å². The third-order valence-corrected chi connectivity index (χ3v) is 5.31. The van der Waals surface area contributed by atoms with Gasteiger partial charge < -0.3 is 0 Å². The van der Waals surface area contributed by atoms with Crippen LogP contribution in [-0.4, -0.2) is 11.8 Å². The highest BCUT2D eigenvalue weighted by Gasteiger charge is 2.15. The highest BCUT2D eigenvalue weighted by molar-refractivity contribution is 5.98. The lowest BCUT2D eigenvalue weighted by Crippen LogP contribution is -2.29. The zero-order valence-corrected chi connectivity index (χ0v) is 17.2. The van der Waals surface area contributed by atoms with Crippen molar-refractivity contribution in [2.45, 2.75) is 0 Å². The molecule has 4 aromatic rings. The van der Waals surface area contributed by atoms with Crippen molar-refractivity contribution in [2.75, 3.05) is 0 Å². The molecular weight excluding hydrogens is 400 g/mol. The summed E-state index contributed by atoms with van der Waals surface area (Å²) in [5.74, 6) is 9.82. The van der Waals surface area contributed by atoms with E-state index in [-0.39, 0.29) is 11.8 Å². The fraction of sp³-hybridized carbons (Fsp3) is 0. The lowest BCUT2D eigenvalue weighted by atomic mass is 9.87. The van der Waals surface area contributed by atoms with Gasteiger partial charge in [-0.05, 0) is 57.6 Å². The lowest BCUT2D eigenvalue weighted by Gasteiger charge is -2.17. The molecule has 0 aliphatic rings. The maximum absolute atomic E-state index is 11.9. The topological polar surface area (TPSA) is 110 Å². The largest absolute Gasteiger partial charge is 0.290 e. The van der Waals surface area contributed by atoms with Crippen molar-refractivity contribution >= 4 is 11.8 Å². The van der Waals surface area contributed by atoms with Crippen LogP contribution in [0.4, 0.5) is 0 Å².